The molecule has 2 N–H and O–H groups in total. The van der Waals surface area contributed by atoms with Gasteiger partial charge in [0.05, 0.1) is 27.8 Å². The summed E-state index contributed by atoms with van der Waals surface area (Å²) in [6.07, 6.45) is 1.41. The van der Waals surface area contributed by atoms with Crippen molar-refractivity contribution in [2.75, 3.05) is 28.1 Å². The second-order valence-electron chi connectivity index (χ2n) is 5.89. The fourth-order valence-electron chi connectivity index (χ4n) is 2.53. The summed E-state index contributed by atoms with van der Waals surface area (Å²) >= 11 is 0. The first kappa shape index (κ1) is 22.4. The van der Waals surface area contributed by atoms with E-state index in [-0.39, 0.29) is 19.0 Å². The predicted octanol–water partition coefficient (Wildman–Crippen LogP) is 2.82. The van der Waals surface area contributed by atoms with Crippen molar-refractivity contribution < 1.29 is 43.5 Å². The molecule has 0 saturated heterocycles. The lowest BCUT2D eigenvalue weighted by Gasteiger charge is -2.08. The molecule has 0 saturated carbocycles. The Morgan fingerprint density at radius 3 is 2.27 bits per heavy atom. The SMILES string of the molecule is COC(=Cc1ccc2c(c1)OCO2)C(=O)O.COc1ccc(CC(=O)O)cc1OC. The van der Waals surface area contributed by atoms with Crippen LogP contribution in [-0.4, -0.2) is 50.3 Å². The van der Waals surface area contributed by atoms with E-state index < -0.39 is 11.9 Å². The van der Waals surface area contributed by atoms with Crippen molar-refractivity contribution in [2.24, 2.45) is 0 Å². The predicted molar refractivity (Wildman–Crippen MR) is 106 cm³/mol. The van der Waals surface area contributed by atoms with E-state index in [0.29, 0.717) is 34.1 Å². The highest BCUT2D eigenvalue weighted by Gasteiger charge is 2.14. The molecule has 9 nitrogen and oxygen atoms in total. The van der Waals surface area contributed by atoms with Crippen LogP contribution in [0.15, 0.2) is 42.2 Å². The van der Waals surface area contributed by atoms with Crippen LogP contribution in [0.5, 0.6) is 23.0 Å². The van der Waals surface area contributed by atoms with Crippen LogP contribution >= 0.6 is 0 Å². The van der Waals surface area contributed by atoms with Crippen molar-refractivity contribution >= 4 is 18.0 Å². The number of carbonyl (C=O) groups is 2. The molecular formula is C21H22O9. The van der Waals surface area contributed by atoms with Crippen molar-refractivity contribution in [3.05, 3.63) is 53.3 Å². The fourth-order valence-corrected chi connectivity index (χ4v) is 2.53. The van der Waals surface area contributed by atoms with Gasteiger partial charge in [-0.05, 0) is 41.5 Å². The van der Waals surface area contributed by atoms with Crippen LogP contribution < -0.4 is 18.9 Å². The zero-order valence-corrected chi connectivity index (χ0v) is 16.7. The molecule has 0 amide bonds. The van der Waals surface area contributed by atoms with E-state index in [4.69, 9.17) is 33.9 Å². The van der Waals surface area contributed by atoms with E-state index in [1.807, 2.05) is 0 Å². The van der Waals surface area contributed by atoms with Gasteiger partial charge in [0.1, 0.15) is 0 Å². The molecule has 160 valence electrons. The summed E-state index contributed by atoms with van der Waals surface area (Å²) in [5.41, 5.74) is 1.37. The van der Waals surface area contributed by atoms with Crippen molar-refractivity contribution in [3.8, 4) is 23.0 Å². The van der Waals surface area contributed by atoms with Crippen LogP contribution in [0.2, 0.25) is 0 Å². The van der Waals surface area contributed by atoms with Gasteiger partial charge in [0, 0.05) is 0 Å². The molecule has 3 rings (SSSR count). The second kappa shape index (κ2) is 10.6. The van der Waals surface area contributed by atoms with Gasteiger partial charge in [-0.25, -0.2) is 4.79 Å². The molecule has 0 aliphatic carbocycles. The lowest BCUT2D eigenvalue weighted by Crippen LogP contribution is -2.01. The molecule has 30 heavy (non-hydrogen) atoms. The topological polar surface area (TPSA) is 121 Å². The Balaban J connectivity index is 0.000000216. The molecule has 1 aliphatic rings. The Morgan fingerprint density at radius 1 is 0.967 bits per heavy atom. The summed E-state index contributed by atoms with van der Waals surface area (Å²) in [4.78, 5) is 21.2. The molecule has 0 bridgehead atoms. The van der Waals surface area contributed by atoms with Crippen molar-refractivity contribution in [1.29, 1.82) is 0 Å². The minimum atomic E-state index is -1.11. The van der Waals surface area contributed by atoms with Gasteiger partial charge in [0.25, 0.3) is 0 Å². The van der Waals surface area contributed by atoms with Crippen LogP contribution in [0.25, 0.3) is 6.08 Å². The van der Waals surface area contributed by atoms with E-state index >= 15 is 0 Å². The van der Waals surface area contributed by atoms with Crippen molar-refractivity contribution in [2.45, 2.75) is 6.42 Å². The number of hydrogen-bond donors (Lipinski definition) is 2. The van der Waals surface area contributed by atoms with Gasteiger partial charge in [0.2, 0.25) is 12.6 Å². The zero-order chi connectivity index (χ0) is 22.1. The Bertz CT molecular complexity index is 934. The number of carboxylic acid groups (broad SMARTS) is 2. The molecule has 0 unspecified atom stereocenters. The first-order valence-corrected chi connectivity index (χ1v) is 8.69. The van der Waals surface area contributed by atoms with E-state index in [2.05, 4.69) is 0 Å². The minimum absolute atomic E-state index is 0.0135. The number of carboxylic acids is 2. The third kappa shape index (κ3) is 6.06. The summed E-state index contributed by atoms with van der Waals surface area (Å²) in [5, 5.41) is 17.4. The van der Waals surface area contributed by atoms with Gasteiger partial charge in [-0.15, -0.1) is 0 Å². The first-order valence-electron chi connectivity index (χ1n) is 8.69. The van der Waals surface area contributed by atoms with E-state index in [1.165, 1.54) is 27.4 Å². The lowest BCUT2D eigenvalue weighted by atomic mass is 10.1. The Hall–Kier alpha value is -3.88. The number of methoxy groups -OCH3 is 3. The number of aliphatic carboxylic acids is 2. The smallest absolute Gasteiger partial charge is 0.371 e. The van der Waals surface area contributed by atoms with Gasteiger partial charge >= 0.3 is 11.9 Å². The summed E-state index contributed by atoms with van der Waals surface area (Å²) in [6.45, 7) is 0.193. The minimum Gasteiger partial charge on any atom is -0.493 e. The third-order valence-electron chi connectivity index (χ3n) is 3.93. The van der Waals surface area contributed by atoms with E-state index in [9.17, 15) is 9.59 Å². The number of ether oxygens (including phenoxy) is 5. The molecule has 1 heterocycles. The highest BCUT2D eigenvalue weighted by molar-refractivity contribution is 5.90. The largest absolute Gasteiger partial charge is 0.493 e. The maximum absolute atomic E-state index is 10.7. The van der Waals surface area contributed by atoms with E-state index in [1.54, 1.807) is 36.4 Å². The average Bonchev–Trinajstić information content (AvgIpc) is 3.19. The number of fused-ring (bicyclic) bond motifs is 1. The average molecular weight is 418 g/mol. The normalized spacial score (nSPS) is 11.8. The Morgan fingerprint density at radius 2 is 1.67 bits per heavy atom. The summed E-state index contributed by atoms with van der Waals surface area (Å²) < 4.78 is 25.1. The van der Waals surface area contributed by atoms with Gasteiger partial charge in [-0.2, -0.15) is 0 Å². The second-order valence-corrected chi connectivity index (χ2v) is 5.89. The Kier molecular flexibility index (Phi) is 7.92. The molecule has 2 aromatic carbocycles. The summed E-state index contributed by atoms with van der Waals surface area (Å²) in [5.74, 6) is 0.310. The van der Waals surface area contributed by atoms with Crippen LogP contribution in [0.4, 0.5) is 0 Å². The van der Waals surface area contributed by atoms with Crippen molar-refractivity contribution in [1.82, 2.24) is 0 Å². The maximum atomic E-state index is 10.7. The van der Waals surface area contributed by atoms with Crippen LogP contribution in [0.3, 0.4) is 0 Å². The quantitative estimate of drug-likeness (QED) is 0.516. The van der Waals surface area contributed by atoms with Crippen LogP contribution in [-0.2, 0) is 20.7 Å². The lowest BCUT2D eigenvalue weighted by molar-refractivity contribution is -0.137. The first-order chi connectivity index (χ1) is 14.4. The number of hydrogen-bond acceptors (Lipinski definition) is 7. The van der Waals surface area contributed by atoms with Gasteiger partial charge in [0.15, 0.2) is 23.0 Å². The molecule has 0 spiro atoms. The molecule has 0 atom stereocenters. The third-order valence-corrected chi connectivity index (χ3v) is 3.93. The fraction of sp³-hybridized carbons (Fsp3) is 0.238. The highest BCUT2D eigenvalue weighted by Crippen LogP contribution is 2.33. The van der Waals surface area contributed by atoms with Crippen LogP contribution in [0.1, 0.15) is 11.1 Å². The monoisotopic (exact) mass is 418 g/mol. The van der Waals surface area contributed by atoms with Crippen molar-refractivity contribution in [3.63, 3.8) is 0 Å². The summed E-state index contributed by atoms with van der Waals surface area (Å²) in [6, 6.07) is 10.2. The Labute approximate surface area is 173 Å². The molecule has 0 aromatic heterocycles. The standard InChI is InChI=1S/C11H10O5.C10H12O4/c1-14-10(11(12)13)5-7-2-3-8-9(4-7)16-6-15-8;1-13-8-4-3-7(6-10(11)12)5-9(8)14-2/h2-5H,6H2,1H3,(H,12,13);3-5H,6H2,1-2H3,(H,11,12). The maximum Gasteiger partial charge on any atom is 0.371 e. The van der Waals surface area contributed by atoms with Crippen LogP contribution in [0, 0.1) is 0 Å². The van der Waals surface area contributed by atoms with E-state index in [0.717, 1.165) is 0 Å². The molecule has 1 aliphatic heterocycles. The molecule has 2 aromatic rings. The summed E-state index contributed by atoms with van der Waals surface area (Å²) in [7, 11) is 4.37. The van der Waals surface area contributed by atoms with Gasteiger partial charge in [-0.1, -0.05) is 12.1 Å². The molecule has 9 heteroatoms. The molecule has 0 radical (unpaired) electrons. The molecule has 0 fully saturated rings. The zero-order valence-electron chi connectivity index (χ0n) is 16.7. The highest BCUT2D eigenvalue weighted by atomic mass is 16.7. The molecular weight excluding hydrogens is 396 g/mol. The number of benzene rings is 2. The van der Waals surface area contributed by atoms with Gasteiger partial charge < -0.3 is 33.9 Å². The van der Waals surface area contributed by atoms with Gasteiger partial charge in [-0.3, -0.25) is 4.79 Å². The number of rotatable bonds is 7.